The Hall–Kier alpha value is -2.37. The largest absolute Gasteiger partial charge is 0.478 e. The number of nitro groups is 1. The number of carboxylic acid groups (broad SMARTS) is 1. The average molecular weight is 264 g/mol. The van der Waals surface area contributed by atoms with E-state index in [1.165, 1.54) is 12.1 Å². The predicted octanol–water partition coefficient (Wildman–Crippen LogP) is 2.45. The summed E-state index contributed by atoms with van der Waals surface area (Å²) in [5, 5.41) is 19.2. The second-order valence-electron chi connectivity index (χ2n) is 4.18. The van der Waals surface area contributed by atoms with Gasteiger partial charge in [-0.2, -0.15) is 0 Å². The Morgan fingerprint density at radius 2 is 2.00 bits per heavy atom. The van der Waals surface area contributed by atoms with Gasteiger partial charge in [0.15, 0.2) is 0 Å². The van der Waals surface area contributed by atoms with E-state index in [4.69, 9.17) is 5.11 Å². The highest BCUT2D eigenvalue weighted by molar-refractivity contribution is 5.85. The van der Waals surface area contributed by atoms with Crippen molar-refractivity contribution in [3.8, 4) is 0 Å². The summed E-state index contributed by atoms with van der Waals surface area (Å²) in [6.45, 7) is 2.19. The Balaban J connectivity index is 2.59. The van der Waals surface area contributed by atoms with Crippen molar-refractivity contribution in [3.63, 3.8) is 0 Å². The lowest BCUT2D eigenvalue weighted by Crippen LogP contribution is -2.18. The van der Waals surface area contributed by atoms with Gasteiger partial charge in [0.25, 0.3) is 5.69 Å². The lowest BCUT2D eigenvalue weighted by Gasteiger charge is -2.18. The van der Waals surface area contributed by atoms with Crippen LogP contribution in [0.15, 0.2) is 35.9 Å². The molecule has 6 nitrogen and oxygen atoms in total. The quantitative estimate of drug-likeness (QED) is 0.484. The maximum Gasteiger partial charge on any atom is 0.330 e. The average Bonchev–Trinajstić information content (AvgIpc) is 2.38. The first-order chi connectivity index (χ1) is 8.91. The molecule has 0 unspecified atom stereocenters. The van der Waals surface area contributed by atoms with E-state index in [2.05, 4.69) is 0 Å². The number of aliphatic carboxylic acids is 1. The fraction of sp³-hybridized carbons (Fsp3) is 0.308. The minimum atomic E-state index is -0.919. The van der Waals surface area contributed by atoms with E-state index < -0.39 is 10.9 Å². The van der Waals surface area contributed by atoms with Gasteiger partial charge in [-0.15, -0.1) is 0 Å². The predicted molar refractivity (Wildman–Crippen MR) is 72.4 cm³/mol. The summed E-state index contributed by atoms with van der Waals surface area (Å²) in [7, 11) is 1.85. The van der Waals surface area contributed by atoms with E-state index in [0.29, 0.717) is 18.5 Å². The second kappa shape index (κ2) is 6.53. The van der Waals surface area contributed by atoms with Crippen LogP contribution in [0.5, 0.6) is 0 Å². The molecule has 1 aromatic carbocycles. The summed E-state index contributed by atoms with van der Waals surface area (Å²) in [5.74, 6) is -0.919. The molecule has 102 valence electrons. The lowest BCUT2D eigenvalue weighted by molar-refractivity contribution is -0.384. The minimum absolute atomic E-state index is 0.0544. The Morgan fingerprint density at radius 3 is 2.47 bits per heavy atom. The van der Waals surface area contributed by atoms with Crippen molar-refractivity contribution in [2.45, 2.75) is 13.3 Å². The van der Waals surface area contributed by atoms with E-state index in [-0.39, 0.29) is 5.69 Å². The first kappa shape index (κ1) is 14.7. The van der Waals surface area contributed by atoms with E-state index in [1.54, 1.807) is 25.1 Å². The van der Waals surface area contributed by atoms with Crippen LogP contribution in [0.3, 0.4) is 0 Å². The van der Waals surface area contributed by atoms with Crippen molar-refractivity contribution in [2.75, 3.05) is 18.5 Å². The number of rotatable bonds is 6. The minimum Gasteiger partial charge on any atom is -0.478 e. The van der Waals surface area contributed by atoms with Crippen LogP contribution in [-0.2, 0) is 4.79 Å². The van der Waals surface area contributed by atoms with Crippen LogP contribution in [0.4, 0.5) is 11.4 Å². The first-order valence-electron chi connectivity index (χ1n) is 5.77. The van der Waals surface area contributed by atoms with E-state index in [1.807, 2.05) is 11.9 Å². The highest BCUT2D eigenvalue weighted by atomic mass is 16.6. The number of benzene rings is 1. The summed E-state index contributed by atoms with van der Waals surface area (Å²) in [6, 6.07) is 6.24. The number of carbonyl (C=O) groups is 1. The van der Waals surface area contributed by atoms with Crippen LogP contribution >= 0.6 is 0 Å². The number of nitro benzene ring substituents is 1. The molecule has 0 spiro atoms. The fourth-order valence-corrected chi connectivity index (χ4v) is 1.52. The molecule has 0 amide bonds. The summed E-state index contributed by atoms with van der Waals surface area (Å²) in [5.41, 5.74) is 1.22. The van der Waals surface area contributed by atoms with Gasteiger partial charge < -0.3 is 10.0 Å². The zero-order chi connectivity index (χ0) is 14.4. The maximum absolute atomic E-state index is 10.6. The maximum atomic E-state index is 10.6. The molecular weight excluding hydrogens is 248 g/mol. The summed E-state index contributed by atoms with van der Waals surface area (Å²) in [4.78, 5) is 22.6. The molecule has 0 fully saturated rings. The molecule has 19 heavy (non-hydrogen) atoms. The third kappa shape index (κ3) is 4.42. The molecule has 0 aliphatic heterocycles. The van der Waals surface area contributed by atoms with Gasteiger partial charge in [0, 0.05) is 37.0 Å². The zero-order valence-corrected chi connectivity index (χ0v) is 10.9. The molecule has 1 N–H and O–H groups in total. The van der Waals surface area contributed by atoms with Gasteiger partial charge in [0.2, 0.25) is 0 Å². The van der Waals surface area contributed by atoms with Crippen molar-refractivity contribution < 1.29 is 14.8 Å². The molecule has 0 saturated carbocycles. The van der Waals surface area contributed by atoms with Crippen molar-refractivity contribution in [2.24, 2.45) is 0 Å². The number of non-ortho nitro benzene ring substituents is 1. The molecule has 1 rings (SSSR count). The van der Waals surface area contributed by atoms with Crippen LogP contribution in [0.1, 0.15) is 13.3 Å². The van der Waals surface area contributed by atoms with Crippen molar-refractivity contribution in [3.05, 3.63) is 46.0 Å². The summed E-state index contributed by atoms with van der Waals surface area (Å²) in [6.07, 6.45) is 2.26. The zero-order valence-electron chi connectivity index (χ0n) is 10.9. The van der Waals surface area contributed by atoms with Crippen LogP contribution in [-0.4, -0.2) is 29.6 Å². The molecule has 0 aromatic heterocycles. The van der Waals surface area contributed by atoms with Gasteiger partial charge in [-0.25, -0.2) is 4.79 Å². The number of nitrogens with zero attached hydrogens (tertiary/aromatic N) is 2. The normalized spacial score (nSPS) is 11.2. The number of anilines is 1. The van der Waals surface area contributed by atoms with E-state index in [0.717, 1.165) is 5.69 Å². The lowest BCUT2D eigenvalue weighted by atomic mass is 10.2. The molecular formula is C13H16N2O4. The third-order valence-electron chi connectivity index (χ3n) is 2.75. The van der Waals surface area contributed by atoms with Gasteiger partial charge >= 0.3 is 5.97 Å². The number of carboxylic acids is 1. The highest BCUT2D eigenvalue weighted by Gasteiger charge is 2.06. The molecule has 0 saturated heterocycles. The van der Waals surface area contributed by atoms with Crippen LogP contribution in [0, 0.1) is 10.1 Å². The molecule has 0 aliphatic carbocycles. The summed E-state index contributed by atoms with van der Waals surface area (Å²) >= 11 is 0. The van der Waals surface area contributed by atoms with Crippen LogP contribution < -0.4 is 4.90 Å². The topological polar surface area (TPSA) is 83.7 Å². The molecule has 6 heteroatoms. The molecule has 0 radical (unpaired) electrons. The molecule has 0 aliphatic rings. The Bertz CT molecular complexity index is 494. The second-order valence-corrected chi connectivity index (χ2v) is 4.18. The van der Waals surface area contributed by atoms with E-state index >= 15 is 0 Å². The van der Waals surface area contributed by atoms with Crippen LogP contribution in [0.2, 0.25) is 0 Å². The fourth-order valence-electron chi connectivity index (χ4n) is 1.52. The van der Waals surface area contributed by atoms with Crippen LogP contribution in [0.25, 0.3) is 0 Å². The monoisotopic (exact) mass is 264 g/mol. The Morgan fingerprint density at radius 1 is 1.42 bits per heavy atom. The smallest absolute Gasteiger partial charge is 0.330 e. The molecule has 0 atom stereocenters. The first-order valence-corrected chi connectivity index (χ1v) is 5.77. The van der Waals surface area contributed by atoms with E-state index in [9.17, 15) is 14.9 Å². The van der Waals surface area contributed by atoms with Gasteiger partial charge in [0.05, 0.1) is 4.92 Å². The van der Waals surface area contributed by atoms with Gasteiger partial charge in [0.1, 0.15) is 0 Å². The van der Waals surface area contributed by atoms with Crippen molar-refractivity contribution >= 4 is 17.3 Å². The Labute approximate surface area is 111 Å². The number of hydrogen-bond acceptors (Lipinski definition) is 4. The highest BCUT2D eigenvalue weighted by Crippen LogP contribution is 2.18. The molecule has 0 heterocycles. The van der Waals surface area contributed by atoms with Crippen molar-refractivity contribution in [1.82, 2.24) is 0 Å². The van der Waals surface area contributed by atoms with Gasteiger partial charge in [-0.1, -0.05) is 6.08 Å². The summed E-state index contributed by atoms with van der Waals surface area (Å²) < 4.78 is 0. The standard InChI is InChI=1S/C13H16N2O4/c1-10(13(16)17)4-3-9-14(2)11-5-7-12(8-6-11)15(18)19/h4-8H,3,9H2,1-2H3,(H,16,17). The molecule has 0 bridgehead atoms. The Kier molecular flexibility index (Phi) is 5.05. The van der Waals surface area contributed by atoms with Gasteiger partial charge in [-0.05, 0) is 25.5 Å². The van der Waals surface area contributed by atoms with Gasteiger partial charge in [-0.3, -0.25) is 10.1 Å². The third-order valence-corrected chi connectivity index (χ3v) is 2.75. The SMILES string of the molecule is CC(=CCCN(C)c1ccc([N+](=O)[O-])cc1)C(=O)O. The van der Waals surface area contributed by atoms with Crippen molar-refractivity contribution in [1.29, 1.82) is 0 Å². The number of hydrogen-bond donors (Lipinski definition) is 1. The molecule has 1 aromatic rings.